The molecule has 0 radical (unpaired) electrons. The molecule has 1 atom stereocenters. The van der Waals surface area contributed by atoms with Gasteiger partial charge < -0.3 is 5.32 Å². The molecule has 1 N–H and O–H groups in total. The van der Waals surface area contributed by atoms with Gasteiger partial charge in [-0.1, -0.05) is 13.0 Å². The van der Waals surface area contributed by atoms with E-state index < -0.39 is 0 Å². The minimum Gasteiger partial charge on any atom is -0.307 e. The van der Waals surface area contributed by atoms with Crippen molar-refractivity contribution in [1.82, 2.24) is 10.3 Å². The molecule has 0 saturated heterocycles. The van der Waals surface area contributed by atoms with Gasteiger partial charge in [-0.15, -0.1) is 0 Å². The van der Waals surface area contributed by atoms with Gasteiger partial charge in [0.2, 0.25) is 0 Å². The van der Waals surface area contributed by atoms with Gasteiger partial charge in [-0.3, -0.25) is 9.78 Å². The van der Waals surface area contributed by atoms with Crippen LogP contribution < -0.4 is 5.32 Å². The molecule has 1 aromatic heterocycles. The van der Waals surface area contributed by atoms with Gasteiger partial charge in [-0.25, -0.2) is 0 Å². The zero-order valence-electron chi connectivity index (χ0n) is 11.7. The number of carbonyl (C=O) groups excluding carboxylic acids is 1. The zero-order chi connectivity index (χ0) is 13.8. The molecule has 0 aliphatic carbocycles. The van der Waals surface area contributed by atoms with E-state index in [1.165, 1.54) is 0 Å². The van der Waals surface area contributed by atoms with E-state index in [9.17, 15) is 4.79 Å². The standard InChI is InChI=1S/C16H20N2O/c1-4-11(2)17-10-16(19)14-7-8-15-13(9-14)6-5-12(3)18-15/h5-9,11,17H,4,10H2,1-3H3. The molecule has 1 aromatic carbocycles. The van der Waals surface area contributed by atoms with Crippen LogP contribution in [0.4, 0.5) is 0 Å². The number of ketones is 1. The SMILES string of the molecule is CCC(C)NCC(=O)c1ccc2nc(C)ccc2c1. The molecule has 100 valence electrons. The summed E-state index contributed by atoms with van der Waals surface area (Å²) < 4.78 is 0. The fraction of sp³-hybridized carbons (Fsp3) is 0.375. The second-order valence-electron chi connectivity index (χ2n) is 4.97. The first kappa shape index (κ1) is 13.7. The number of fused-ring (bicyclic) bond motifs is 1. The lowest BCUT2D eigenvalue weighted by Gasteiger charge is -2.10. The van der Waals surface area contributed by atoms with Crippen molar-refractivity contribution in [3.8, 4) is 0 Å². The van der Waals surface area contributed by atoms with E-state index in [1.807, 2.05) is 37.3 Å². The molecule has 19 heavy (non-hydrogen) atoms. The number of nitrogens with zero attached hydrogens (tertiary/aromatic N) is 1. The number of aromatic nitrogens is 1. The van der Waals surface area contributed by atoms with Crippen LogP contribution in [-0.4, -0.2) is 23.4 Å². The molecule has 0 aliphatic rings. The van der Waals surface area contributed by atoms with Crippen molar-refractivity contribution < 1.29 is 4.79 Å². The first-order valence-electron chi connectivity index (χ1n) is 6.74. The number of benzene rings is 1. The van der Waals surface area contributed by atoms with Crippen LogP contribution in [0.3, 0.4) is 0 Å². The Morgan fingerprint density at radius 3 is 2.84 bits per heavy atom. The highest BCUT2D eigenvalue weighted by molar-refractivity contribution is 6.00. The molecular formula is C16H20N2O. The Labute approximate surface area is 114 Å². The predicted octanol–water partition coefficient (Wildman–Crippen LogP) is 3.11. The minimum absolute atomic E-state index is 0.128. The van der Waals surface area contributed by atoms with Crippen molar-refractivity contribution in [2.75, 3.05) is 6.54 Å². The summed E-state index contributed by atoms with van der Waals surface area (Å²) in [6, 6.07) is 10.0. The maximum absolute atomic E-state index is 12.1. The van der Waals surface area contributed by atoms with E-state index in [0.29, 0.717) is 12.6 Å². The van der Waals surface area contributed by atoms with Gasteiger partial charge in [0.15, 0.2) is 5.78 Å². The number of pyridine rings is 1. The zero-order valence-corrected chi connectivity index (χ0v) is 11.7. The van der Waals surface area contributed by atoms with Crippen molar-refractivity contribution in [3.63, 3.8) is 0 Å². The van der Waals surface area contributed by atoms with Crippen LogP contribution in [0, 0.1) is 6.92 Å². The van der Waals surface area contributed by atoms with Gasteiger partial charge in [-0.05, 0) is 44.5 Å². The van der Waals surface area contributed by atoms with Gasteiger partial charge in [-0.2, -0.15) is 0 Å². The van der Waals surface area contributed by atoms with E-state index in [0.717, 1.165) is 28.6 Å². The molecule has 0 bridgehead atoms. The third-order valence-corrected chi connectivity index (χ3v) is 3.37. The largest absolute Gasteiger partial charge is 0.307 e. The Bertz CT molecular complexity index is 592. The first-order chi connectivity index (χ1) is 9.10. The summed E-state index contributed by atoms with van der Waals surface area (Å²) in [6.07, 6.45) is 1.02. The normalized spacial score (nSPS) is 12.6. The van der Waals surface area contributed by atoms with E-state index in [4.69, 9.17) is 0 Å². The monoisotopic (exact) mass is 256 g/mol. The molecule has 0 amide bonds. The molecule has 3 heteroatoms. The quantitative estimate of drug-likeness (QED) is 0.836. The van der Waals surface area contributed by atoms with Gasteiger partial charge in [0.1, 0.15) is 0 Å². The summed E-state index contributed by atoms with van der Waals surface area (Å²) >= 11 is 0. The second kappa shape index (κ2) is 5.93. The van der Waals surface area contributed by atoms with Gasteiger partial charge in [0.25, 0.3) is 0 Å². The Balaban J connectivity index is 2.16. The topological polar surface area (TPSA) is 42.0 Å². The molecule has 1 unspecified atom stereocenters. The Morgan fingerprint density at radius 1 is 1.32 bits per heavy atom. The third kappa shape index (κ3) is 3.38. The molecule has 2 rings (SSSR count). The number of hydrogen-bond acceptors (Lipinski definition) is 3. The lowest BCUT2D eigenvalue weighted by Crippen LogP contribution is -2.30. The molecular weight excluding hydrogens is 236 g/mol. The molecule has 0 aliphatic heterocycles. The van der Waals surface area contributed by atoms with Gasteiger partial charge in [0, 0.05) is 22.7 Å². The fourth-order valence-corrected chi connectivity index (χ4v) is 1.91. The van der Waals surface area contributed by atoms with Crippen LogP contribution in [0.25, 0.3) is 10.9 Å². The number of rotatable bonds is 5. The number of nitrogens with one attached hydrogen (secondary N) is 1. The van der Waals surface area contributed by atoms with Crippen LogP contribution in [0.2, 0.25) is 0 Å². The lowest BCUT2D eigenvalue weighted by atomic mass is 10.1. The molecule has 0 spiro atoms. The number of hydrogen-bond donors (Lipinski definition) is 1. The van der Waals surface area contributed by atoms with Crippen LogP contribution in [0.5, 0.6) is 0 Å². The fourth-order valence-electron chi connectivity index (χ4n) is 1.91. The maximum Gasteiger partial charge on any atom is 0.176 e. The average molecular weight is 256 g/mol. The van der Waals surface area contributed by atoms with Crippen LogP contribution in [0.15, 0.2) is 30.3 Å². The summed E-state index contributed by atoms with van der Waals surface area (Å²) in [7, 11) is 0. The second-order valence-corrected chi connectivity index (χ2v) is 4.97. The smallest absolute Gasteiger partial charge is 0.176 e. The molecule has 1 heterocycles. The number of carbonyl (C=O) groups is 1. The average Bonchev–Trinajstić information content (AvgIpc) is 2.43. The Hall–Kier alpha value is -1.74. The van der Waals surface area contributed by atoms with Crippen molar-refractivity contribution in [1.29, 1.82) is 0 Å². The predicted molar refractivity (Wildman–Crippen MR) is 78.6 cm³/mol. The highest BCUT2D eigenvalue weighted by atomic mass is 16.1. The lowest BCUT2D eigenvalue weighted by molar-refractivity contribution is 0.0988. The molecule has 0 fully saturated rings. The summed E-state index contributed by atoms with van der Waals surface area (Å²) in [5.41, 5.74) is 2.67. The van der Waals surface area contributed by atoms with E-state index >= 15 is 0 Å². The summed E-state index contributed by atoms with van der Waals surface area (Å²) in [6.45, 7) is 6.54. The maximum atomic E-state index is 12.1. The summed E-state index contributed by atoms with van der Waals surface area (Å²) in [5, 5.41) is 4.24. The molecule has 3 nitrogen and oxygen atoms in total. The minimum atomic E-state index is 0.128. The van der Waals surface area contributed by atoms with E-state index in [-0.39, 0.29) is 5.78 Å². The van der Waals surface area contributed by atoms with E-state index in [1.54, 1.807) is 0 Å². The van der Waals surface area contributed by atoms with Crippen LogP contribution in [0.1, 0.15) is 36.3 Å². The van der Waals surface area contributed by atoms with Crippen molar-refractivity contribution >= 4 is 16.7 Å². The number of Topliss-reactive ketones (excluding diaryl/α,β-unsaturated/α-hetero) is 1. The first-order valence-corrected chi connectivity index (χ1v) is 6.74. The Kier molecular flexibility index (Phi) is 4.27. The highest BCUT2D eigenvalue weighted by Gasteiger charge is 2.08. The Morgan fingerprint density at radius 2 is 2.11 bits per heavy atom. The summed E-state index contributed by atoms with van der Waals surface area (Å²) in [4.78, 5) is 16.5. The van der Waals surface area contributed by atoms with Crippen LogP contribution in [-0.2, 0) is 0 Å². The van der Waals surface area contributed by atoms with Gasteiger partial charge >= 0.3 is 0 Å². The van der Waals surface area contributed by atoms with Crippen molar-refractivity contribution in [2.45, 2.75) is 33.2 Å². The summed E-state index contributed by atoms with van der Waals surface area (Å²) in [5.74, 6) is 0.128. The van der Waals surface area contributed by atoms with E-state index in [2.05, 4.69) is 24.1 Å². The van der Waals surface area contributed by atoms with Crippen molar-refractivity contribution in [2.24, 2.45) is 0 Å². The van der Waals surface area contributed by atoms with Gasteiger partial charge in [0.05, 0.1) is 12.1 Å². The third-order valence-electron chi connectivity index (χ3n) is 3.37. The molecule has 2 aromatic rings. The van der Waals surface area contributed by atoms with Crippen molar-refractivity contribution in [3.05, 3.63) is 41.6 Å². The van der Waals surface area contributed by atoms with Crippen LogP contribution >= 0.6 is 0 Å². The number of aryl methyl sites for hydroxylation is 1. The molecule has 0 saturated carbocycles. The highest BCUT2D eigenvalue weighted by Crippen LogP contribution is 2.15.